The van der Waals surface area contributed by atoms with Crippen LogP contribution in [0.1, 0.15) is 30.6 Å². The van der Waals surface area contributed by atoms with Crippen LogP contribution in [0.3, 0.4) is 0 Å². The Morgan fingerprint density at radius 1 is 1.33 bits per heavy atom. The van der Waals surface area contributed by atoms with Gasteiger partial charge in [-0.3, -0.25) is 9.59 Å². The fourth-order valence-electron chi connectivity index (χ4n) is 1.72. The van der Waals surface area contributed by atoms with Gasteiger partial charge in [-0.25, -0.2) is 4.79 Å². The first-order valence-electron chi connectivity index (χ1n) is 6.43. The first-order valence-corrected chi connectivity index (χ1v) is 8.04. The van der Waals surface area contributed by atoms with E-state index in [4.69, 9.17) is 10.8 Å². The van der Waals surface area contributed by atoms with Gasteiger partial charge >= 0.3 is 5.97 Å². The molecule has 1 aromatic heterocycles. The number of aliphatic carboxylic acids is 1. The summed E-state index contributed by atoms with van der Waals surface area (Å²) in [5, 5.41) is 11.4. The highest BCUT2D eigenvalue weighted by molar-refractivity contribution is 9.11. The molecule has 0 aromatic carbocycles. The lowest BCUT2D eigenvalue weighted by atomic mass is 10.1. The van der Waals surface area contributed by atoms with E-state index in [1.807, 2.05) is 12.1 Å². The van der Waals surface area contributed by atoms with Crippen molar-refractivity contribution in [3.63, 3.8) is 0 Å². The molecule has 0 bridgehead atoms. The molecule has 0 aliphatic carbocycles. The standard InChI is InChI=1S/C13H17BrN2O4S/c14-10-6-4-8(21-10)2-1-3-12(18)16-9(13(19)20)5-7-11(15)17/h4,6,9H,1-3,5,7H2,(H2,15,17)(H,16,18)(H,19,20). The van der Waals surface area contributed by atoms with E-state index in [-0.39, 0.29) is 25.2 Å². The zero-order chi connectivity index (χ0) is 15.8. The van der Waals surface area contributed by atoms with Crippen LogP contribution in [0.15, 0.2) is 15.9 Å². The molecular formula is C13H17BrN2O4S. The second kappa shape index (κ2) is 8.78. The Labute approximate surface area is 134 Å². The first-order chi connectivity index (χ1) is 9.88. The van der Waals surface area contributed by atoms with Crippen molar-refractivity contribution >= 4 is 45.1 Å². The van der Waals surface area contributed by atoms with E-state index in [9.17, 15) is 14.4 Å². The quantitative estimate of drug-likeness (QED) is 0.608. The van der Waals surface area contributed by atoms with Crippen molar-refractivity contribution in [2.24, 2.45) is 5.73 Å². The SMILES string of the molecule is NC(=O)CCC(NC(=O)CCCc1ccc(Br)s1)C(=O)O. The van der Waals surface area contributed by atoms with Crippen LogP contribution in [0.5, 0.6) is 0 Å². The first kappa shape index (κ1) is 17.6. The maximum absolute atomic E-state index is 11.7. The second-order valence-electron chi connectivity index (χ2n) is 4.52. The van der Waals surface area contributed by atoms with Gasteiger partial charge in [0.1, 0.15) is 6.04 Å². The third kappa shape index (κ3) is 7.24. The van der Waals surface area contributed by atoms with Crippen molar-refractivity contribution in [2.45, 2.75) is 38.1 Å². The maximum atomic E-state index is 11.7. The highest BCUT2D eigenvalue weighted by Gasteiger charge is 2.20. The summed E-state index contributed by atoms with van der Waals surface area (Å²) >= 11 is 4.98. The topological polar surface area (TPSA) is 109 Å². The van der Waals surface area contributed by atoms with Crippen molar-refractivity contribution in [2.75, 3.05) is 0 Å². The number of aryl methyl sites for hydroxylation is 1. The van der Waals surface area contributed by atoms with Gasteiger partial charge in [0.15, 0.2) is 0 Å². The minimum absolute atomic E-state index is 0.00821. The smallest absolute Gasteiger partial charge is 0.326 e. The van der Waals surface area contributed by atoms with Crippen LogP contribution in [0, 0.1) is 0 Å². The number of primary amides is 1. The number of amides is 2. The molecule has 1 atom stereocenters. The number of hydrogen-bond donors (Lipinski definition) is 3. The summed E-state index contributed by atoms with van der Waals surface area (Å²) in [6, 6.07) is 2.87. The lowest BCUT2D eigenvalue weighted by Crippen LogP contribution is -2.41. The molecule has 116 valence electrons. The van der Waals surface area contributed by atoms with Crippen molar-refractivity contribution in [1.82, 2.24) is 5.32 Å². The third-order valence-corrected chi connectivity index (χ3v) is 4.45. The Kier molecular flexibility index (Phi) is 7.38. The molecular weight excluding hydrogens is 360 g/mol. The van der Waals surface area contributed by atoms with Crippen LogP contribution in [0.2, 0.25) is 0 Å². The Hall–Kier alpha value is -1.41. The van der Waals surface area contributed by atoms with Crippen molar-refractivity contribution in [1.29, 1.82) is 0 Å². The number of carbonyl (C=O) groups excluding carboxylic acids is 2. The Morgan fingerprint density at radius 3 is 2.57 bits per heavy atom. The van der Waals surface area contributed by atoms with E-state index in [0.717, 1.165) is 15.1 Å². The van der Waals surface area contributed by atoms with E-state index in [1.165, 1.54) is 0 Å². The number of halogens is 1. The molecule has 1 unspecified atom stereocenters. The number of carboxylic acid groups (broad SMARTS) is 1. The van der Waals surface area contributed by atoms with Crippen LogP contribution >= 0.6 is 27.3 Å². The Bertz CT molecular complexity index is 518. The maximum Gasteiger partial charge on any atom is 0.326 e. The lowest BCUT2D eigenvalue weighted by Gasteiger charge is -2.13. The molecule has 2 amide bonds. The monoisotopic (exact) mass is 376 g/mol. The van der Waals surface area contributed by atoms with Gasteiger partial charge in [-0.05, 0) is 47.3 Å². The summed E-state index contributed by atoms with van der Waals surface area (Å²) in [6.45, 7) is 0. The van der Waals surface area contributed by atoms with Gasteiger partial charge in [-0.1, -0.05) is 0 Å². The van der Waals surface area contributed by atoms with E-state index in [0.29, 0.717) is 6.42 Å². The van der Waals surface area contributed by atoms with Gasteiger partial charge in [-0.2, -0.15) is 0 Å². The predicted octanol–water partition coefficient (Wildman–Crippen LogP) is 1.67. The lowest BCUT2D eigenvalue weighted by molar-refractivity contribution is -0.142. The zero-order valence-corrected chi connectivity index (χ0v) is 13.7. The van der Waals surface area contributed by atoms with Crippen LogP contribution in [-0.4, -0.2) is 28.9 Å². The van der Waals surface area contributed by atoms with Gasteiger partial charge in [0, 0.05) is 17.7 Å². The molecule has 1 heterocycles. The average molecular weight is 377 g/mol. The molecule has 21 heavy (non-hydrogen) atoms. The van der Waals surface area contributed by atoms with Gasteiger partial charge < -0.3 is 16.2 Å². The molecule has 1 rings (SSSR count). The molecule has 8 heteroatoms. The van der Waals surface area contributed by atoms with Crippen molar-refractivity contribution < 1.29 is 19.5 Å². The number of nitrogens with one attached hydrogen (secondary N) is 1. The fourth-order valence-corrected chi connectivity index (χ4v) is 3.24. The fraction of sp³-hybridized carbons (Fsp3) is 0.462. The molecule has 0 aliphatic rings. The van der Waals surface area contributed by atoms with Crippen LogP contribution in [0.4, 0.5) is 0 Å². The summed E-state index contributed by atoms with van der Waals surface area (Å²) in [6.07, 6.45) is 1.59. The summed E-state index contributed by atoms with van der Waals surface area (Å²) in [5.41, 5.74) is 4.97. The predicted molar refractivity (Wildman–Crippen MR) is 83.0 cm³/mol. The zero-order valence-electron chi connectivity index (χ0n) is 11.3. The van der Waals surface area contributed by atoms with Crippen LogP contribution in [0.25, 0.3) is 0 Å². The number of nitrogens with two attached hydrogens (primary N) is 1. The Morgan fingerprint density at radius 2 is 2.05 bits per heavy atom. The highest BCUT2D eigenvalue weighted by Crippen LogP contribution is 2.23. The van der Waals surface area contributed by atoms with Crippen molar-refractivity contribution in [3.05, 3.63) is 20.8 Å². The van der Waals surface area contributed by atoms with Crippen LogP contribution in [-0.2, 0) is 20.8 Å². The molecule has 6 nitrogen and oxygen atoms in total. The van der Waals surface area contributed by atoms with Crippen molar-refractivity contribution in [3.8, 4) is 0 Å². The summed E-state index contributed by atoms with van der Waals surface area (Å²) in [4.78, 5) is 34.5. The molecule has 0 spiro atoms. The molecule has 4 N–H and O–H groups in total. The van der Waals surface area contributed by atoms with E-state index in [2.05, 4.69) is 21.2 Å². The van der Waals surface area contributed by atoms with E-state index in [1.54, 1.807) is 11.3 Å². The summed E-state index contributed by atoms with van der Waals surface area (Å²) < 4.78 is 1.04. The van der Waals surface area contributed by atoms with E-state index >= 15 is 0 Å². The summed E-state index contributed by atoms with van der Waals surface area (Å²) in [7, 11) is 0. The molecule has 0 radical (unpaired) electrons. The minimum Gasteiger partial charge on any atom is -0.480 e. The Balaban J connectivity index is 2.32. The molecule has 0 aliphatic heterocycles. The van der Waals surface area contributed by atoms with Gasteiger partial charge in [0.25, 0.3) is 0 Å². The number of thiophene rings is 1. The molecule has 0 saturated carbocycles. The molecule has 1 aromatic rings. The van der Waals surface area contributed by atoms with Gasteiger partial charge in [0.05, 0.1) is 3.79 Å². The summed E-state index contributed by atoms with van der Waals surface area (Å²) in [5.74, 6) is -2.08. The van der Waals surface area contributed by atoms with E-state index < -0.39 is 17.9 Å². The van der Waals surface area contributed by atoms with Crippen LogP contribution < -0.4 is 11.1 Å². The largest absolute Gasteiger partial charge is 0.480 e. The average Bonchev–Trinajstić information content (AvgIpc) is 2.79. The second-order valence-corrected chi connectivity index (χ2v) is 7.07. The third-order valence-electron chi connectivity index (χ3n) is 2.77. The normalized spacial score (nSPS) is 11.9. The molecule has 0 saturated heterocycles. The number of carboxylic acids is 1. The number of carbonyl (C=O) groups is 3. The van der Waals surface area contributed by atoms with Gasteiger partial charge in [-0.15, -0.1) is 11.3 Å². The van der Waals surface area contributed by atoms with Gasteiger partial charge in [0.2, 0.25) is 11.8 Å². The molecule has 0 fully saturated rings. The number of hydrogen-bond acceptors (Lipinski definition) is 4. The minimum atomic E-state index is -1.16. The highest BCUT2D eigenvalue weighted by atomic mass is 79.9. The number of rotatable bonds is 9.